The second-order valence-corrected chi connectivity index (χ2v) is 8.51. The number of likely N-dealkylation sites (tertiary alicyclic amines) is 1. The molecule has 0 saturated carbocycles. The lowest BCUT2D eigenvalue weighted by molar-refractivity contribution is -0.128. The number of ether oxygens (including phenoxy) is 1. The number of anilines is 1. The maximum atomic E-state index is 12.8. The zero-order valence-electron chi connectivity index (χ0n) is 18.8. The van der Waals surface area contributed by atoms with Gasteiger partial charge in [0.05, 0.1) is 7.11 Å². The summed E-state index contributed by atoms with van der Waals surface area (Å²) < 4.78 is 5.23. The van der Waals surface area contributed by atoms with Gasteiger partial charge in [-0.25, -0.2) is 4.79 Å². The molecule has 7 nitrogen and oxygen atoms in total. The minimum atomic E-state index is -0.0567. The van der Waals surface area contributed by atoms with Gasteiger partial charge in [-0.3, -0.25) is 9.69 Å². The first-order chi connectivity index (χ1) is 15.6. The molecule has 0 aliphatic carbocycles. The van der Waals surface area contributed by atoms with E-state index in [0.29, 0.717) is 19.5 Å². The van der Waals surface area contributed by atoms with Crippen LogP contribution >= 0.6 is 0 Å². The summed E-state index contributed by atoms with van der Waals surface area (Å²) in [7, 11) is 1.68. The van der Waals surface area contributed by atoms with Gasteiger partial charge in [0.25, 0.3) is 0 Å². The van der Waals surface area contributed by atoms with Crippen LogP contribution in [0.15, 0.2) is 48.5 Å². The van der Waals surface area contributed by atoms with Gasteiger partial charge in [-0.15, -0.1) is 0 Å². The van der Waals surface area contributed by atoms with Crippen LogP contribution in [0.2, 0.25) is 0 Å². The number of nitrogens with one attached hydrogen (secondary N) is 1. The minimum absolute atomic E-state index is 0.0567. The zero-order valence-corrected chi connectivity index (χ0v) is 18.8. The van der Waals surface area contributed by atoms with Crippen molar-refractivity contribution in [2.24, 2.45) is 0 Å². The molecule has 2 aromatic carbocycles. The minimum Gasteiger partial charge on any atom is -0.497 e. The number of carbonyl (C=O) groups excluding carboxylic acids is 2. The summed E-state index contributed by atoms with van der Waals surface area (Å²) in [6.45, 7) is 5.63. The van der Waals surface area contributed by atoms with Gasteiger partial charge >= 0.3 is 6.03 Å². The van der Waals surface area contributed by atoms with E-state index >= 15 is 0 Å². The van der Waals surface area contributed by atoms with Crippen LogP contribution in [0.5, 0.6) is 5.75 Å². The van der Waals surface area contributed by atoms with E-state index in [1.165, 1.54) is 5.56 Å². The molecular formula is C25H32N4O3. The van der Waals surface area contributed by atoms with Crippen molar-refractivity contribution in [3.8, 4) is 5.75 Å². The third-order valence-corrected chi connectivity index (χ3v) is 6.19. The fraction of sp³-hybridized carbons (Fsp3) is 0.440. The summed E-state index contributed by atoms with van der Waals surface area (Å²) >= 11 is 0. The molecule has 0 bridgehead atoms. The van der Waals surface area contributed by atoms with E-state index in [9.17, 15) is 9.59 Å². The van der Waals surface area contributed by atoms with E-state index in [-0.39, 0.29) is 11.9 Å². The first-order valence-electron chi connectivity index (χ1n) is 11.4. The molecule has 7 heteroatoms. The number of methoxy groups -OCH3 is 1. The molecule has 0 atom stereocenters. The van der Waals surface area contributed by atoms with Crippen LogP contribution in [-0.2, 0) is 17.9 Å². The maximum absolute atomic E-state index is 12.8. The van der Waals surface area contributed by atoms with Crippen molar-refractivity contribution in [1.82, 2.24) is 14.7 Å². The summed E-state index contributed by atoms with van der Waals surface area (Å²) in [6, 6.07) is 15.9. The molecule has 0 spiro atoms. The van der Waals surface area contributed by atoms with Crippen LogP contribution < -0.4 is 10.1 Å². The van der Waals surface area contributed by atoms with Crippen molar-refractivity contribution < 1.29 is 14.3 Å². The number of hydrogen-bond acceptors (Lipinski definition) is 4. The van der Waals surface area contributed by atoms with E-state index in [1.807, 2.05) is 46.2 Å². The van der Waals surface area contributed by atoms with Gasteiger partial charge in [-0.2, -0.15) is 0 Å². The summed E-state index contributed by atoms with van der Waals surface area (Å²) in [6.07, 6.45) is 2.55. The standard InChI is InChI=1S/C25H32N4O3/c1-32-23-11-7-20(8-12-23)18-27-13-3-15-28(17-16-27)25(31)26-22-9-5-21(6-10-22)19-29-14-2-4-24(29)30/h5-12H,2-4,13-19H2,1H3,(H,26,31). The van der Waals surface area contributed by atoms with Gasteiger partial charge in [0.15, 0.2) is 0 Å². The number of rotatable bonds is 6. The van der Waals surface area contributed by atoms with E-state index in [1.54, 1.807) is 7.11 Å². The fourth-order valence-electron chi connectivity index (χ4n) is 4.31. The first kappa shape index (κ1) is 22.1. The van der Waals surface area contributed by atoms with Gasteiger partial charge in [-0.1, -0.05) is 24.3 Å². The number of nitrogens with zero attached hydrogens (tertiary/aromatic N) is 3. The van der Waals surface area contributed by atoms with Gasteiger partial charge < -0.3 is 19.9 Å². The molecule has 3 amide bonds. The number of carbonyl (C=O) groups is 2. The van der Waals surface area contributed by atoms with Crippen molar-refractivity contribution >= 4 is 17.6 Å². The lowest BCUT2D eigenvalue weighted by Gasteiger charge is -2.22. The molecule has 2 aliphatic rings. The molecule has 1 N–H and O–H groups in total. The Hall–Kier alpha value is -3.06. The molecule has 170 valence electrons. The molecule has 0 aromatic heterocycles. The summed E-state index contributed by atoms with van der Waals surface area (Å²) in [5, 5.41) is 3.02. The highest BCUT2D eigenvalue weighted by Crippen LogP contribution is 2.18. The predicted molar refractivity (Wildman–Crippen MR) is 125 cm³/mol. The average Bonchev–Trinajstić information content (AvgIpc) is 3.06. The summed E-state index contributed by atoms with van der Waals surface area (Å²) in [5.41, 5.74) is 3.12. The van der Waals surface area contributed by atoms with Crippen molar-refractivity contribution in [1.29, 1.82) is 0 Å². The molecule has 0 radical (unpaired) electrons. The highest BCUT2D eigenvalue weighted by Gasteiger charge is 2.21. The Morgan fingerprint density at radius 2 is 1.59 bits per heavy atom. The van der Waals surface area contributed by atoms with Crippen LogP contribution in [0.25, 0.3) is 0 Å². The van der Waals surface area contributed by atoms with E-state index in [0.717, 1.165) is 62.6 Å². The molecule has 2 heterocycles. The number of benzene rings is 2. The molecule has 2 saturated heterocycles. The Labute approximate surface area is 189 Å². The third-order valence-electron chi connectivity index (χ3n) is 6.19. The third kappa shape index (κ3) is 5.79. The molecule has 2 aliphatic heterocycles. The lowest BCUT2D eigenvalue weighted by atomic mass is 10.2. The summed E-state index contributed by atoms with van der Waals surface area (Å²) in [5.74, 6) is 1.09. The molecule has 4 rings (SSSR count). The predicted octanol–water partition coefficient (Wildman–Crippen LogP) is 3.56. The van der Waals surface area contributed by atoms with Gasteiger partial charge in [0.1, 0.15) is 5.75 Å². The second-order valence-electron chi connectivity index (χ2n) is 8.51. The Kier molecular flexibility index (Phi) is 7.27. The number of amides is 3. The van der Waals surface area contributed by atoms with E-state index in [4.69, 9.17) is 4.74 Å². The first-order valence-corrected chi connectivity index (χ1v) is 11.4. The smallest absolute Gasteiger partial charge is 0.321 e. The van der Waals surface area contributed by atoms with Crippen molar-refractivity contribution in [3.63, 3.8) is 0 Å². The highest BCUT2D eigenvalue weighted by atomic mass is 16.5. The van der Waals surface area contributed by atoms with Crippen LogP contribution in [-0.4, -0.2) is 66.5 Å². The number of urea groups is 1. The Morgan fingerprint density at radius 3 is 2.28 bits per heavy atom. The van der Waals surface area contributed by atoms with Crippen LogP contribution in [0.3, 0.4) is 0 Å². The molecule has 2 fully saturated rings. The number of hydrogen-bond donors (Lipinski definition) is 1. The topological polar surface area (TPSA) is 65.1 Å². The van der Waals surface area contributed by atoms with Crippen molar-refractivity contribution in [2.45, 2.75) is 32.4 Å². The molecule has 2 aromatic rings. The van der Waals surface area contributed by atoms with Crippen LogP contribution in [0.4, 0.5) is 10.5 Å². The average molecular weight is 437 g/mol. The monoisotopic (exact) mass is 436 g/mol. The zero-order chi connectivity index (χ0) is 22.3. The lowest BCUT2D eigenvalue weighted by Crippen LogP contribution is -2.38. The second kappa shape index (κ2) is 10.5. The van der Waals surface area contributed by atoms with E-state index < -0.39 is 0 Å². The van der Waals surface area contributed by atoms with Gasteiger partial charge in [0, 0.05) is 57.9 Å². The molecule has 32 heavy (non-hydrogen) atoms. The normalized spacial score (nSPS) is 17.3. The van der Waals surface area contributed by atoms with Gasteiger partial charge in [0.2, 0.25) is 5.91 Å². The maximum Gasteiger partial charge on any atom is 0.321 e. The van der Waals surface area contributed by atoms with Crippen LogP contribution in [0.1, 0.15) is 30.4 Å². The molecular weight excluding hydrogens is 404 g/mol. The van der Waals surface area contributed by atoms with Gasteiger partial charge in [-0.05, 0) is 48.2 Å². The van der Waals surface area contributed by atoms with E-state index in [2.05, 4.69) is 22.3 Å². The molecule has 0 unspecified atom stereocenters. The SMILES string of the molecule is COc1ccc(CN2CCCN(C(=O)Nc3ccc(CN4CCCC4=O)cc3)CC2)cc1. The fourth-order valence-corrected chi connectivity index (χ4v) is 4.31. The summed E-state index contributed by atoms with van der Waals surface area (Å²) in [4.78, 5) is 30.8. The Balaban J connectivity index is 1.25. The largest absolute Gasteiger partial charge is 0.497 e. The van der Waals surface area contributed by atoms with Crippen LogP contribution in [0, 0.1) is 0 Å². The Morgan fingerprint density at radius 1 is 0.875 bits per heavy atom. The highest BCUT2D eigenvalue weighted by molar-refractivity contribution is 5.89. The van der Waals surface area contributed by atoms with Crippen molar-refractivity contribution in [2.75, 3.05) is 45.2 Å². The Bertz CT molecular complexity index is 914. The quantitative estimate of drug-likeness (QED) is 0.752. The van der Waals surface area contributed by atoms with Crippen molar-refractivity contribution in [3.05, 3.63) is 59.7 Å².